The number of unbranched alkanes of at least 4 members (excludes halogenated alkanes) is 3. The first kappa shape index (κ1) is 22.7. The molecule has 0 radical (unpaired) electrons. The highest BCUT2D eigenvalue weighted by atomic mass is 16.3. The number of benzene rings is 3. The number of phenols is 3. The van der Waals surface area contributed by atoms with Crippen LogP contribution in [0.3, 0.4) is 0 Å². The zero-order chi connectivity index (χ0) is 22.3. The lowest BCUT2D eigenvalue weighted by atomic mass is 9.65. The van der Waals surface area contributed by atoms with E-state index in [9.17, 15) is 15.3 Å². The first-order valence-electron chi connectivity index (χ1n) is 11.3. The predicted octanol–water partition coefficient (Wildman–Crippen LogP) is 7.25. The molecule has 3 aromatic rings. The van der Waals surface area contributed by atoms with E-state index in [1.807, 2.05) is 36.4 Å². The molecule has 1 atom stereocenters. The van der Waals surface area contributed by atoms with Gasteiger partial charge in [0.05, 0.1) is 0 Å². The van der Waals surface area contributed by atoms with Crippen LogP contribution in [0.25, 0.3) is 0 Å². The fourth-order valence-corrected chi connectivity index (χ4v) is 4.65. The van der Waals surface area contributed by atoms with Gasteiger partial charge < -0.3 is 15.3 Å². The Kier molecular flexibility index (Phi) is 7.62. The summed E-state index contributed by atoms with van der Waals surface area (Å²) in [7, 11) is 0. The third-order valence-corrected chi connectivity index (χ3v) is 6.41. The maximum atomic E-state index is 9.90. The molecule has 0 aromatic heterocycles. The average molecular weight is 419 g/mol. The predicted molar refractivity (Wildman–Crippen MR) is 127 cm³/mol. The summed E-state index contributed by atoms with van der Waals surface area (Å²) in [5.41, 5.74) is 3.30. The van der Waals surface area contributed by atoms with E-state index in [0.29, 0.717) is 0 Å². The fourth-order valence-electron chi connectivity index (χ4n) is 4.65. The summed E-state index contributed by atoms with van der Waals surface area (Å²) in [5, 5.41) is 29.5. The molecule has 1 unspecified atom stereocenters. The standard InChI is InChI=1S/C28H34O3/c1-3-4-5-6-19-28(23-9-15-26(30)16-10-23,24-11-17-27(31)18-12-24)20-21(2)22-7-13-25(29)14-8-22/h7-18,21,29-31H,3-6,19-20H2,1-2H3. The van der Waals surface area contributed by atoms with Crippen LogP contribution in [0, 0.1) is 0 Å². The third kappa shape index (κ3) is 5.61. The van der Waals surface area contributed by atoms with Gasteiger partial charge in [0.1, 0.15) is 17.2 Å². The lowest BCUT2D eigenvalue weighted by Crippen LogP contribution is -2.30. The largest absolute Gasteiger partial charge is 0.508 e. The van der Waals surface area contributed by atoms with E-state index in [-0.39, 0.29) is 28.6 Å². The number of phenolic OH excluding ortho intramolecular Hbond substituents is 3. The van der Waals surface area contributed by atoms with E-state index >= 15 is 0 Å². The van der Waals surface area contributed by atoms with Crippen LogP contribution < -0.4 is 0 Å². The summed E-state index contributed by atoms with van der Waals surface area (Å²) in [4.78, 5) is 0. The molecule has 3 N–H and O–H groups in total. The van der Waals surface area contributed by atoms with Crippen LogP contribution in [0.5, 0.6) is 17.2 Å². The van der Waals surface area contributed by atoms with Gasteiger partial charge in [0, 0.05) is 5.41 Å². The highest BCUT2D eigenvalue weighted by molar-refractivity contribution is 5.44. The van der Waals surface area contributed by atoms with Crippen molar-refractivity contribution in [2.75, 3.05) is 0 Å². The van der Waals surface area contributed by atoms with Crippen molar-refractivity contribution in [2.45, 2.75) is 63.7 Å². The molecule has 3 rings (SSSR count). The second-order valence-corrected chi connectivity index (χ2v) is 8.68. The average Bonchev–Trinajstić information content (AvgIpc) is 2.77. The Morgan fingerprint density at radius 3 is 1.55 bits per heavy atom. The van der Waals surface area contributed by atoms with Crippen molar-refractivity contribution in [1.82, 2.24) is 0 Å². The number of aromatic hydroxyl groups is 3. The molecule has 0 fully saturated rings. The second-order valence-electron chi connectivity index (χ2n) is 8.68. The molecule has 0 saturated heterocycles. The minimum atomic E-state index is -0.244. The summed E-state index contributed by atoms with van der Waals surface area (Å²) < 4.78 is 0. The minimum absolute atomic E-state index is 0.244. The van der Waals surface area contributed by atoms with Crippen LogP contribution in [0.2, 0.25) is 0 Å². The molecular formula is C28H34O3. The van der Waals surface area contributed by atoms with Crippen molar-refractivity contribution >= 4 is 0 Å². The lowest BCUT2D eigenvalue weighted by Gasteiger charge is -2.38. The van der Waals surface area contributed by atoms with Crippen molar-refractivity contribution in [2.24, 2.45) is 0 Å². The molecule has 0 amide bonds. The maximum Gasteiger partial charge on any atom is 0.115 e. The van der Waals surface area contributed by atoms with Crippen molar-refractivity contribution < 1.29 is 15.3 Å². The molecular weight excluding hydrogens is 384 g/mol. The van der Waals surface area contributed by atoms with Gasteiger partial charge >= 0.3 is 0 Å². The normalized spacial score (nSPS) is 12.6. The van der Waals surface area contributed by atoms with Crippen molar-refractivity contribution in [3.63, 3.8) is 0 Å². The lowest BCUT2D eigenvalue weighted by molar-refractivity contribution is 0.384. The van der Waals surface area contributed by atoms with Gasteiger partial charge in [0.25, 0.3) is 0 Å². The van der Waals surface area contributed by atoms with Crippen LogP contribution in [0.1, 0.15) is 75.0 Å². The molecule has 0 saturated carbocycles. The second kappa shape index (κ2) is 10.4. The van der Waals surface area contributed by atoms with Crippen molar-refractivity contribution in [3.05, 3.63) is 89.5 Å². The van der Waals surface area contributed by atoms with Crippen molar-refractivity contribution in [3.8, 4) is 17.2 Å². The molecule has 164 valence electrons. The summed E-state index contributed by atoms with van der Waals surface area (Å²) in [5.74, 6) is 1.06. The molecule has 0 spiro atoms. The molecule has 0 heterocycles. The van der Waals surface area contributed by atoms with E-state index in [4.69, 9.17) is 0 Å². The Labute approximate surface area is 186 Å². The molecule has 3 heteroatoms. The molecule has 3 nitrogen and oxygen atoms in total. The van der Waals surface area contributed by atoms with Crippen LogP contribution in [-0.4, -0.2) is 15.3 Å². The molecule has 0 aliphatic carbocycles. The van der Waals surface area contributed by atoms with E-state index in [2.05, 4.69) is 13.8 Å². The smallest absolute Gasteiger partial charge is 0.115 e. The van der Waals surface area contributed by atoms with Gasteiger partial charge in [-0.05, 0) is 71.8 Å². The van der Waals surface area contributed by atoms with E-state index in [1.165, 1.54) is 36.0 Å². The number of hydrogen-bond acceptors (Lipinski definition) is 3. The first-order valence-corrected chi connectivity index (χ1v) is 11.3. The van der Waals surface area contributed by atoms with Gasteiger partial charge in [-0.1, -0.05) is 75.9 Å². The maximum absolute atomic E-state index is 9.90. The number of rotatable bonds is 10. The van der Waals surface area contributed by atoms with Crippen LogP contribution >= 0.6 is 0 Å². The number of hydrogen-bond donors (Lipinski definition) is 3. The van der Waals surface area contributed by atoms with Gasteiger partial charge in [-0.25, -0.2) is 0 Å². The quantitative estimate of drug-likeness (QED) is 0.304. The van der Waals surface area contributed by atoms with E-state index < -0.39 is 0 Å². The highest BCUT2D eigenvalue weighted by Gasteiger charge is 2.35. The van der Waals surface area contributed by atoms with Crippen molar-refractivity contribution in [1.29, 1.82) is 0 Å². The van der Waals surface area contributed by atoms with Crippen LogP contribution in [0.4, 0.5) is 0 Å². The van der Waals surface area contributed by atoms with Gasteiger partial charge in [-0.15, -0.1) is 0 Å². The fraction of sp³-hybridized carbons (Fsp3) is 0.357. The molecule has 0 bridgehead atoms. The molecule has 0 aliphatic rings. The first-order chi connectivity index (χ1) is 14.9. The Balaban J connectivity index is 2.06. The van der Waals surface area contributed by atoms with Crippen LogP contribution in [-0.2, 0) is 5.41 Å². The zero-order valence-corrected chi connectivity index (χ0v) is 18.6. The Bertz CT molecular complexity index is 882. The van der Waals surface area contributed by atoms with E-state index in [1.54, 1.807) is 36.4 Å². The SMILES string of the molecule is CCCCCCC(CC(C)c1ccc(O)cc1)(c1ccc(O)cc1)c1ccc(O)cc1. The van der Waals surface area contributed by atoms with Gasteiger partial charge in [-0.3, -0.25) is 0 Å². The van der Waals surface area contributed by atoms with Crippen LogP contribution in [0.15, 0.2) is 72.8 Å². The van der Waals surface area contributed by atoms with Gasteiger partial charge in [0.2, 0.25) is 0 Å². The summed E-state index contributed by atoms with van der Waals surface area (Å²) in [6, 6.07) is 22.7. The molecule has 3 aromatic carbocycles. The Morgan fingerprint density at radius 1 is 0.645 bits per heavy atom. The minimum Gasteiger partial charge on any atom is -0.508 e. The summed E-state index contributed by atoms with van der Waals surface area (Å²) >= 11 is 0. The highest BCUT2D eigenvalue weighted by Crippen LogP contribution is 2.45. The monoisotopic (exact) mass is 418 g/mol. The van der Waals surface area contributed by atoms with E-state index in [0.717, 1.165) is 19.3 Å². The summed E-state index contributed by atoms with van der Waals surface area (Å²) in [6.07, 6.45) is 6.58. The van der Waals surface area contributed by atoms with Gasteiger partial charge in [-0.2, -0.15) is 0 Å². The Morgan fingerprint density at radius 2 is 1.10 bits per heavy atom. The van der Waals surface area contributed by atoms with Gasteiger partial charge in [0.15, 0.2) is 0 Å². The Hall–Kier alpha value is -2.94. The topological polar surface area (TPSA) is 60.7 Å². The summed E-state index contributed by atoms with van der Waals surface area (Å²) in [6.45, 7) is 4.45. The third-order valence-electron chi connectivity index (χ3n) is 6.41. The molecule has 31 heavy (non-hydrogen) atoms. The molecule has 0 aliphatic heterocycles. The zero-order valence-electron chi connectivity index (χ0n) is 18.6.